The third kappa shape index (κ3) is 4.41. The lowest BCUT2D eigenvalue weighted by atomic mass is 10.1. The number of aryl methyl sites for hydroxylation is 2. The highest BCUT2D eigenvalue weighted by atomic mass is 15.4. The fourth-order valence-corrected chi connectivity index (χ4v) is 4.27. The monoisotopic (exact) mass is 403 g/mol. The number of hydrogen-bond donors (Lipinski definition) is 0. The van der Waals surface area contributed by atoms with E-state index in [-0.39, 0.29) is 0 Å². The van der Waals surface area contributed by atoms with Crippen LogP contribution in [0.3, 0.4) is 0 Å². The summed E-state index contributed by atoms with van der Waals surface area (Å²) in [5.74, 6) is 0. The number of nitrogens with zero attached hydrogens (tertiary/aromatic N) is 5. The lowest BCUT2D eigenvalue weighted by Gasteiger charge is -2.37. The van der Waals surface area contributed by atoms with Crippen molar-refractivity contribution in [2.75, 3.05) is 37.6 Å². The van der Waals surface area contributed by atoms with E-state index in [1.807, 2.05) is 4.68 Å². The number of hydrogen-bond acceptors (Lipinski definition) is 4. The van der Waals surface area contributed by atoms with Gasteiger partial charge < -0.3 is 4.90 Å². The molecule has 0 N–H and O–H groups in total. The van der Waals surface area contributed by atoms with Gasteiger partial charge in [-0.3, -0.25) is 4.90 Å². The van der Waals surface area contributed by atoms with Gasteiger partial charge in [-0.15, -0.1) is 5.10 Å². The minimum Gasteiger partial charge on any atom is -0.369 e. The molecule has 5 heteroatoms. The Labute approximate surface area is 180 Å². The number of benzene rings is 2. The molecule has 1 aliphatic rings. The van der Waals surface area contributed by atoms with E-state index >= 15 is 0 Å². The molecule has 158 valence electrons. The molecular formula is C25H33N5. The van der Waals surface area contributed by atoms with Gasteiger partial charge >= 0.3 is 0 Å². The first kappa shape index (κ1) is 20.6. The summed E-state index contributed by atoms with van der Waals surface area (Å²) in [6, 6.07) is 15.3. The van der Waals surface area contributed by atoms with E-state index < -0.39 is 0 Å². The van der Waals surface area contributed by atoms with Crippen molar-refractivity contribution in [1.82, 2.24) is 19.9 Å². The van der Waals surface area contributed by atoms with Gasteiger partial charge in [-0.2, -0.15) is 0 Å². The normalized spacial score (nSPS) is 16.1. The van der Waals surface area contributed by atoms with Gasteiger partial charge in [0, 0.05) is 44.0 Å². The molecule has 0 radical (unpaired) electrons. The third-order valence-electron chi connectivity index (χ3n) is 6.54. The van der Waals surface area contributed by atoms with E-state index in [0.29, 0.717) is 6.04 Å². The van der Waals surface area contributed by atoms with E-state index in [0.717, 1.165) is 44.8 Å². The molecule has 2 heterocycles. The van der Waals surface area contributed by atoms with Crippen molar-refractivity contribution < 1.29 is 0 Å². The van der Waals surface area contributed by atoms with E-state index in [4.69, 9.17) is 0 Å². The lowest BCUT2D eigenvalue weighted by Crippen LogP contribution is -2.47. The maximum absolute atomic E-state index is 4.41. The smallest absolute Gasteiger partial charge is 0.113 e. The Bertz CT molecular complexity index is 985. The Morgan fingerprint density at radius 1 is 0.900 bits per heavy atom. The largest absolute Gasteiger partial charge is 0.369 e. The molecular weight excluding hydrogens is 370 g/mol. The Kier molecular flexibility index (Phi) is 6.18. The number of piperazine rings is 1. The summed E-state index contributed by atoms with van der Waals surface area (Å²) in [5, 5.41) is 8.82. The topological polar surface area (TPSA) is 37.2 Å². The van der Waals surface area contributed by atoms with Crippen LogP contribution in [-0.2, 0) is 0 Å². The Hall–Kier alpha value is -2.66. The van der Waals surface area contributed by atoms with Crippen LogP contribution in [0.15, 0.2) is 48.7 Å². The molecule has 1 atom stereocenters. The number of aromatic nitrogens is 3. The van der Waals surface area contributed by atoms with E-state index in [1.54, 1.807) is 0 Å². The zero-order chi connectivity index (χ0) is 21.1. The predicted molar refractivity (Wildman–Crippen MR) is 124 cm³/mol. The molecule has 1 unspecified atom stereocenters. The van der Waals surface area contributed by atoms with Gasteiger partial charge in [0.2, 0.25) is 0 Å². The van der Waals surface area contributed by atoms with Crippen LogP contribution in [0, 0.1) is 20.8 Å². The zero-order valence-corrected chi connectivity index (χ0v) is 18.7. The number of anilines is 1. The SMILES string of the molecule is Cc1ccccc1-c1cn(C(C)CCN2CCN(c3cccc(C)c3C)CC2)nn1. The van der Waals surface area contributed by atoms with Gasteiger partial charge in [0.05, 0.1) is 12.2 Å². The van der Waals surface area contributed by atoms with Gasteiger partial charge in [0.1, 0.15) is 5.69 Å². The minimum absolute atomic E-state index is 0.340. The van der Waals surface area contributed by atoms with Gasteiger partial charge in [-0.25, -0.2) is 4.68 Å². The molecule has 1 saturated heterocycles. The molecule has 1 aliphatic heterocycles. The summed E-state index contributed by atoms with van der Waals surface area (Å²) in [7, 11) is 0. The maximum atomic E-state index is 4.41. The van der Waals surface area contributed by atoms with Crippen molar-refractivity contribution in [2.45, 2.75) is 40.2 Å². The summed E-state index contributed by atoms with van der Waals surface area (Å²) in [6.07, 6.45) is 3.17. The van der Waals surface area contributed by atoms with Gasteiger partial charge in [0.25, 0.3) is 0 Å². The molecule has 4 rings (SSSR count). The summed E-state index contributed by atoms with van der Waals surface area (Å²) >= 11 is 0. The summed E-state index contributed by atoms with van der Waals surface area (Å²) in [6.45, 7) is 14.3. The van der Waals surface area contributed by atoms with E-state index in [9.17, 15) is 0 Å². The van der Waals surface area contributed by atoms with Crippen molar-refractivity contribution >= 4 is 5.69 Å². The quantitative estimate of drug-likeness (QED) is 0.601. The van der Waals surface area contributed by atoms with Crippen molar-refractivity contribution in [1.29, 1.82) is 0 Å². The molecule has 5 nitrogen and oxygen atoms in total. The highest BCUT2D eigenvalue weighted by Crippen LogP contribution is 2.25. The van der Waals surface area contributed by atoms with Crippen LogP contribution in [0.1, 0.15) is 36.1 Å². The highest BCUT2D eigenvalue weighted by Gasteiger charge is 2.20. The molecule has 2 aromatic carbocycles. The predicted octanol–water partition coefficient (Wildman–Crippen LogP) is 4.64. The van der Waals surface area contributed by atoms with Crippen molar-refractivity contribution in [3.8, 4) is 11.3 Å². The van der Waals surface area contributed by atoms with Gasteiger partial charge in [0.15, 0.2) is 0 Å². The van der Waals surface area contributed by atoms with Gasteiger partial charge in [-0.05, 0) is 56.9 Å². The van der Waals surface area contributed by atoms with Gasteiger partial charge in [-0.1, -0.05) is 41.6 Å². The molecule has 0 aliphatic carbocycles. The Morgan fingerprint density at radius 3 is 2.40 bits per heavy atom. The minimum atomic E-state index is 0.340. The fourth-order valence-electron chi connectivity index (χ4n) is 4.27. The summed E-state index contributed by atoms with van der Waals surface area (Å²) < 4.78 is 2.02. The van der Waals surface area contributed by atoms with Crippen LogP contribution in [0.25, 0.3) is 11.3 Å². The van der Waals surface area contributed by atoms with Crippen LogP contribution in [0.4, 0.5) is 5.69 Å². The molecule has 0 spiro atoms. The third-order valence-corrected chi connectivity index (χ3v) is 6.54. The fraction of sp³-hybridized carbons (Fsp3) is 0.440. The average Bonchev–Trinajstić information content (AvgIpc) is 3.25. The van der Waals surface area contributed by atoms with Crippen molar-refractivity contribution in [2.24, 2.45) is 0 Å². The molecule has 1 aromatic heterocycles. The summed E-state index contributed by atoms with van der Waals surface area (Å²) in [4.78, 5) is 5.12. The lowest BCUT2D eigenvalue weighted by molar-refractivity contribution is 0.237. The van der Waals surface area contributed by atoms with Crippen LogP contribution >= 0.6 is 0 Å². The second-order valence-electron chi connectivity index (χ2n) is 8.58. The van der Waals surface area contributed by atoms with E-state index in [1.165, 1.54) is 27.9 Å². The van der Waals surface area contributed by atoms with Crippen molar-refractivity contribution in [3.63, 3.8) is 0 Å². The van der Waals surface area contributed by atoms with Crippen LogP contribution < -0.4 is 4.90 Å². The molecule has 0 amide bonds. The first-order valence-corrected chi connectivity index (χ1v) is 11.0. The Balaban J connectivity index is 1.30. The molecule has 3 aromatic rings. The van der Waals surface area contributed by atoms with Crippen molar-refractivity contribution in [3.05, 3.63) is 65.4 Å². The zero-order valence-electron chi connectivity index (χ0n) is 18.7. The van der Waals surface area contributed by atoms with Crippen LogP contribution in [-0.4, -0.2) is 52.6 Å². The second kappa shape index (κ2) is 9.00. The van der Waals surface area contributed by atoms with Crippen LogP contribution in [0.5, 0.6) is 0 Å². The van der Waals surface area contributed by atoms with E-state index in [2.05, 4.69) is 96.5 Å². The van der Waals surface area contributed by atoms with Crippen LogP contribution in [0.2, 0.25) is 0 Å². The molecule has 0 saturated carbocycles. The Morgan fingerprint density at radius 2 is 1.63 bits per heavy atom. The summed E-state index contributed by atoms with van der Waals surface area (Å²) in [5.41, 5.74) is 7.55. The molecule has 1 fully saturated rings. The standard InChI is InChI=1S/C25H33N5/c1-19-9-7-11-25(22(19)4)29-16-14-28(15-17-29)13-12-21(3)30-18-24(26-27-30)23-10-6-5-8-20(23)2/h5-11,18,21H,12-17H2,1-4H3. The first-order chi connectivity index (χ1) is 14.5. The molecule has 30 heavy (non-hydrogen) atoms. The maximum Gasteiger partial charge on any atom is 0.113 e. The average molecular weight is 404 g/mol. The first-order valence-electron chi connectivity index (χ1n) is 11.0. The molecule has 0 bridgehead atoms. The second-order valence-corrected chi connectivity index (χ2v) is 8.58. The number of rotatable bonds is 6. The highest BCUT2D eigenvalue weighted by molar-refractivity contribution is 5.62.